The zero-order valence-electron chi connectivity index (χ0n) is 3.47. The SMILES string of the molecule is S=C1C=CONP1. The lowest BCUT2D eigenvalue weighted by Gasteiger charge is -2.04. The maximum atomic E-state index is 4.79. The first-order valence-electron chi connectivity index (χ1n) is 1.77. The Morgan fingerprint density at radius 2 is 2.71 bits per heavy atom. The predicted molar refractivity (Wildman–Crippen MR) is 34.3 cm³/mol. The van der Waals surface area contributed by atoms with Crippen LogP contribution in [0, 0.1) is 0 Å². The van der Waals surface area contributed by atoms with Crippen LogP contribution in [0.1, 0.15) is 0 Å². The molecule has 0 spiro atoms. The van der Waals surface area contributed by atoms with Crippen molar-refractivity contribution in [3.05, 3.63) is 12.3 Å². The molecular weight excluding hydrogens is 129 g/mol. The van der Waals surface area contributed by atoms with Crippen LogP contribution >= 0.6 is 20.9 Å². The van der Waals surface area contributed by atoms with E-state index >= 15 is 0 Å². The second-order valence-corrected chi connectivity index (χ2v) is 2.81. The summed E-state index contributed by atoms with van der Waals surface area (Å²) >= 11 is 4.79. The summed E-state index contributed by atoms with van der Waals surface area (Å²) in [4.78, 5) is 4.63. The zero-order valence-corrected chi connectivity index (χ0v) is 5.29. The maximum Gasteiger partial charge on any atom is 0.113 e. The van der Waals surface area contributed by atoms with Crippen LogP contribution in [-0.2, 0) is 4.84 Å². The Balaban J connectivity index is 2.51. The minimum absolute atomic E-state index is 0.448. The molecule has 0 radical (unpaired) electrons. The van der Waals surface area contributed by atoms with E-state index in [2.05, 4.69) is 10.1 Å². The molecule has 0 aromatic rings. The average Bonchev–Trinajstić information content (AvgIpc) is 1.69. The van der Waals surface area contributed by atoms with Crippen molar-refractivity contribution in [1.82, 2.24) is 5.25 Å². The van der Waals surface area contributed by atoms with Gasteiger partial charge in [-0.05, 0) is 6.08 Å². The second kappa shape index (κ2) is 2.36. The lowest BCUT2D eigenvalue weighted by molar-refractivity contribution is 0.211. The van der Waals surface area contributed by atoms with Crippen LogP contribution in [0.25, 0.3) is 0 Å². The Hall–Kier alpha value is 0.0200. The minimum Gasteiger partial charge on any atom is -0.413 e. The van der Waals surface area contributed by atoms with E-state index in [4.69, 9.17) is 12.2 Å². The van der Waals surface area contributed by atoms with Crippen LogP contribution < -0.4 is 5.25 Å². The predicted octanol–water partition coefficient (Wildman–Crippen LogP) is 0.956. The normalized spacial score (nSPS) is 22.6. The van der Waals surface area contributed by atoms with Gasteiger partial charge in [0.1, 0.15) is 6.26 Å². The number of nitrogens with one attached hydrogen (secondary N) is 1. The maximum absolute atomic E-state index is 4.79. The van der Waals surface area contributed by atoms with Crippen LogP contribution in [-0.4, -0.2) is 4.61 Å². The highest BCUT2D eigenvalue weighted by molar-refractivity contribution is 7.93. The first-order chi connectivity index (χ1) is 3.39. The quantitative estimate of drug-likeness (QED) is 0.392. The van der Waals surface area contributed by atoms with Crippen molar-refractivity contribution in [2.24, 2.45) is 0 Å². The smallest absolute Gasteiger partial charge is 0.113 e. The number of thiocarbonyl (C=S) groups is 1. The summed E-state index contributed by atoms with van der Waals surface area (Å²) in [6, 6.07) is 0. The van der Waals surface area contributed by atoms with Gasteiger partial charge in [0, 0.05) is 8.73 Å². The van der Waals surface area contributed by atoms with Gasteiger partial charge in [-0.1, -0.05) is 12.2 Å². The molecule has 1 aliphatic heterocycles. The van der Waals surface area contributed by atoms with Gasteiger partial charge in [-0.3, -0.25) is 0 Å². The van der Waals surface area contributed by atoms with E-state index in [-0.39, 0.29) is 0 Å². The minimum atomic E-state index is 0.448. The van der Waals surface area contributed by atoms with Gasteiger partial charge in [-0.25, -0.2) is 0 Å². The summed E-state index contributed by atoms with van der Waals surface area (Å²) in [6.07, 6.45) is 3.31. The molecular formula is C3H4NOPS. The topological polar surface area (TPSA) is 21.3 Å². The van der Waals surface area contributed by atoms with E-state index in [9.17, 15) is 0 Å². The van der Waals surface area contributed by atoms with Gasteiger partial charge in [0.05, 0.1) is 4.61 Å². The van der Waals surface area contributed by atoms with E-state index in [0.717, 1.165) is 4.61 Å². The first kappa shape index (κ1) is 5.16. The highest BCUT2D eigenvalue weighted by atomic mass is 32.1. The van der Waals surface area contributed by atoms with E-state index in [1.54, 1.807) is 12.3 Å². The molecule has 0 aromatic carbocycles. The van der Waals surface area contributed by atoms with Crippen molar-refractivity contribution in [1.29, 1.82) is 0 Å². The number of hydrogen-bond donors (Lipinski definition) is 1. The van der Waals surface area contributed by atoms with Gasteiger partial charge >= 0.3 is 0 Å². The molecule has 1 N–H and O–H groups in total. The Kier molecular flexibility index (Phi) is 1.74. The fourth-order valence-electron chi connectivity index (χ4n) is 0.251. The van der Waals surface area contributed by atoms with Crippen molar-refractivity contribution < 1.29 is 4.84 Å². The molecule has 0 saturated carbocycles. The van der Waals surface area contributed by atoms with Crippen molar-refractivity contribution in [3.63, 3.8) is 0 Å². The van der Waals surface area contributed by atoms with E-state index in [1.165, 1.54) is 0 Å². The fraction of sp³-hybridized carbons (Fsp3) is 0. The van der Waals surface area contributed by atoms with Crippen molar-refractivity contribution in [3.8, 4) is 0 Å². The molecule has 38 valence electrons. The average molecular weight is 133 g/mol. The van der Waals surface area contributed by atoms with Crippen LogP contribution in [0.3, 0.4) is 0 Å². The fourth-order valence-corrected chi connectivity index (χ4v) is 0.811. The monoisotopic (exact) mass is 133 g/mol. The van der Waals surface area contributed by atoms with Crippen molar-refractivity contribution >= 4 is 25.6 Å². The highest BCUT2D eigenvalue weighted by Gasteiger charge is 1.93. The molecule has 1 unspecified atom stereocenters. The van der Waals surface area contributed by atoms with E-state index < -0.39 is 0 Å². The molecule has 0 amide bonds. The van der Waals surface area contributed by atoms with E-state index in [0.29, 0.717) is 8.73 Å². The summed E-state index contributed by atoms with van der Waals surface area (Å²) in [5, 5.41) is 2.63. The molecule has 7 heavy (non-hydrogen) atoms. The molecule has 0 fully saturated rings. The third-order valence-electron chi connectivity index (χ3n) is 0.521. The summed E-state index contributed by atoms with van der Waals surface area (Å²) < 4.78 is 0.909. The molecule has 1 aliphatic rings. The Bertz CT molecular complexity index is 114. The lowest BCUT2D eigenvalue weighted by atomic mass is 10.7. The zero-order chi connectivity index (χ0) is 5.11. The Labute approximate surface area is 48.7 Å². The third-order valence-corrected chi connectivity index (χ3v) is 1.60. The highest BCUT2D eigenvalue weighted by Crippen LogP contribution is 2.11. The van der Waals surface area contributed by atoms with Crippen molar-refractivity contribution in [2.75, 3.05) is 0 Å². The molecule has 0 saturated heterocycles. The summed E-state index contributed by atoms with van der Waals surface area (Å²) in [5.74, 6) is 0. The molecule has 0 aromatic heterocycles. The lowest BCUT2D eigenvalue weighted by Crippen LogP contribution is -2.04. The molecule has 1 rings (SSSR count). The Morgan fingerprint density at radius 1 is 1.86 bits per heavy atom. The van der Waals surface area contributed by atoms with Gasteiger partial charge in [-0.15, -0.1) is 5.25 Å². The van der Waals surface area contributed by atoms with Gasteiger partial charge in [0.2, 0.25) is 0 Å². The van der Waals surface area contributed by atoms with Crippen LogP contribution in [0.15, 0.2) is 12.3 Å². The van der Waals surface area contributed by atoms with Gasteiger partial charge in [-0.2, -0.15) is 0 Å². The Morgan fingerprint density at radius 3 is 3.00 bits per heavy atom. The number of rotatable bonds is 0. The van der Waals surface area contributed by atoms with Crippen LogP contribution in [0.4, 0.5) is 0 Å². The summed E-state index contributed by atoms with van der Waals surface area (Å²) in [5.41, 5.74) is 0. The third kappa shape index (κ3) is 1.51. The molecule has 4 heteroatoms. The number of allylic oxidation sites excluding steroid dienone is 1. The summed E-state index contributed by atoms with van der Waals surface area (Å²) in [6.45, 7) is 0. The van der Waals surface area contributed by atoms with Gasteiger partial charge in [0.25, 0.3) is 0 Å². The van der Waals surface area contributed by atoms with Gasteiger partial charge < -0.3 is 4.84 Å². The largest absolute Gasteiger partial charge is 0.413 e. The molecule has 1 atom stereocenters. The first-order valence-corrected chi connectivity index (χ1v) is 3.17. The molecule has 0 bridgehead atoms. The van der Waals surface area contributed by atoms with E-state index in [1.807, 2.05) is 0 Å². The van der Waals surface area contributed by atoms with Gasteiger partial charge in [0.15, 0.2) is 0 Å². The van der Waals surface area contributed by atoms with Crippen LogP contribution in [0.2, 0.25) is 0 Å². The second-order valence-electron chi connectivity index (χ2n) is 1.01. The summed E-state index contributed by atoms with van der Waals surface area (Å²) in [7, 11) is 0.448. The molecule has 2 nitrogen and oxygen atoms in total. The van der Waals surface area contributed by atoms with Crippen molar-refractivity contribution in [2.45, 2.75) is 0 Å². The standard InChI is InChI=1S/C3H4NOPS/c7-3-1-2-5-4-6-3/h1-2,4,6H. The molecule has 1 heterocycles. The molecule has 0 aliphatic carbocycles. The van der Waals surface area contributed by atoms with Crippen LogP contribution in [0.5, 0.6) is 0 Å². The number of hydrogen-bond acceptors (Lipinski definition) is 3.